The van der Waals surface area contributed by atoms with E-state index in [2.05, 4.69) is 5.32 Å². The summed E-state index contributed by atoms with van der Waals surface area (Å²) >= 11 is 0. The van der Waals surface area contributed by atoms with Crippen molar-refractivity contribution in [3.8, 4) is 11.5 Å². The van der Waals surface area contributed by atoms with Crippen LogP contribution in [0, 0.1) is 5.92 Å². The van der Waals surface area contributed by atoms with Gasteiger partial charge in [0.2, 0.25) is 0 Å². The van der Waals surface area contributed by atoms with E-state index in [0.717, 1.165) is 26.1 Å². The van der Waals surface area contributed by atoms with Crippen LogP contribution in [0.5, 0.6) is 11.5 Å². The lowest BCUT2D eigenvalue weighted by Gasteiger charge is -2.23. The fraction of sp³-hybridized carbons (Fsp3) is 0.533. The highest BCUT2D eigenvalue weighted by Gasteiger charge is 2.21. The number of carbonyl (C=O) groups excluding carboxylic acids is 1. The molecule has 2 aliphatic heterocycles. The Labute approximate surface area is 118 Å². The largest absolute Gasteiger partial charge is 0.486 e. The van der Waals surface area contributed by atoms with E-state index in [4.69, 9.17) is 14.2 Å². The molecule has 1 N–H and O–H groups in total. The predicted molar refractivity (Wildman–Crippen MR) is 73.3 cm³/mol. The number of para-hydroxylation sites is 1. The summed E-state index contributed by atoms with van der Waals surface area (Å²) in [7, 11) is 0. The normalized spacial score (nSPS) is 21.3. The Kier molecular flexibility index (Phi) is 4.06. The molecule has 2 heterocycles. The van der Waals surface area contributed by atoms with Crippen LogP contribution in [0.15, 0.2) is 18.2 Å². The molecule has 0 unspecified atom stereocenters. The summed E-state index contributed by atoms with van der Waals surface area (Å²) < 4.78 is 16.5. The highest BCUT2D eigenvalue weighted by molar-refractivity contribution is 5.97. The van der Waals surface area contributed by atoms with Crippen LogP contribution in [-0.4, -0.2) is 38.9 Å². The molecule has 2 aliphatic rings. The number of rotatable bonds is 3. The van der Waals surface area contributed by atoms with E-state index >= 15 is 0 Å². The summed E-state index contributed by atoms with van der Waals surface area (Å²) in [6, 6.07) is 5.40. The fourth-order valence-electron chi connectivity index (χ4n) is 2.55. The first-order chi connectivity index (χ1) is 9.84. The Bertz CT molecular complexity index is 483. The van der Waals surface area contributed by atoms with Gasteiger partial charge in [0, 0.05) is 13.2 Å². The second kappa shape index (κ2) is 6.13. The third-order valence-electron chi connectivity index (χ3n) is 3.62. The minimum atomic E-state index is -0.113. The number of amides is 1. The van der Waals surface area contributed by atoms with E-state index in [1.54, 1.807) is 6.07 Å². The first-order valence-electron chi connectivity index (χ1n) is 7.09. The van der Waals surface area contributed by atoms with Crippen molar-refractivity contribution in [2.75, 3.05) is 33.0 Å². The number of hydrogen-bond donors (Lipinski definition) is 1. The maximum absolute atomic E-state index is 12.3. The molecule has 1 fully saturated rings. The van der Waals surface area contributed by atoms with Crippen molar-refractivity contribution in [3.05, 3.63) is 23.8 Å². The minimum absolute atomic E-state index is 0.113. The van der Waals surface area contributed by atoms with Gasteiger partial charge < -0.3 is 19.5 Å². The third-order valence-corrected chi connectivity index (χ3v) is 3.62. The SMILES string of the molecule is O=C(NC[C@@H]1CCCOC1)c1cccc2c1OCCO2. The van der Waals surface area contributed by atoms with Crippen molar-refractivity contribution >= 4 is 5.91 Å². The molecule has 0 bridgehead atoms. The Morgan fingerprint density at radius 3 is 3.00 bits per heavy atom. The molecule has 1 amide bonds. The monoisotopic (exact) mass is 277 g/mol. The molecule has 1 atom stereocenters. The molecule has 5 heteroatoms. The van der Waals surface area contributed by atoms with Crippen LogP contribution >= 0.6 is 0 Å². The molecule has 5 nitrogen and oxygen atoms in total. The van der Waals surface area contributed by atoms with Crippen LogP contribution in [0.25, 0.3) is 0 Å². The van der Waals surface area contributed by atoms with Gasteiger partial charge in [-0.2, -0.15) is 0 Å². The molecule has 1 aromatic rings. The summed E-state index contributed by atoms with van der Waals surface area (Å²) in [6.07, 6.45) is 2.17. The molecule has 0 saturated carbocycles. The zero-order chi connectivity index (χ0) is 13.8. The second-order valence-corrected chi connectivity index (χ2v) is 5.12. The molecule has 0 spiro atoms. The van der Waals surface area contributed by atoms with Crippen molar-refractivity contribution in [2.45, 2.75) is 12.8 Å². The smallest absolute Gasteiger partial charge is 0.255 e. The van der Waals surface area contributed by atoms with E-state index < -0.39 is 0 Å². The van der Waals surface area contributed by atoms with Gasteiger partial charge in [0.15, 0.2) is 11.5 Å². The van der Waals surface area contributed by atoms with Crippen molar-refractivity contribution in [3.63, 3.8) is 0 Å². The fourth-order valence-corrected chi connectivity index (χ4v) is 2.55. The quantitative estimate of drug-likeness (QED) is 0.912. The van der Waals surface area contributed by atoms with E-state index in [1.165, 1.54) is 0 Å². The molecule has 3 rings (SSSR count). The van der Waals surface area contributed by atoms with Gasteiger partial charge in [-0.05, 0) is 30.9 Å². The summed E-state index contributed by atoms with van der Waals surface area (Å²) in [5, 5.41) is 2.96. The molecule has 108 valence electrons. The molecule has 1 aromatic carbocycles. The van der Waals surface area contributed by atoms with E-state index in [0.29, 0.717) is 42.7 Å². The number of nitrogens with one attached hydrogen (secondary N) is 1. The molecular weight excluding hydrogens is 258 g/mol. The first-order valence-corrected chi connectivity index (χ1v) is 7.09. The van der Waals surface area contributed by atoms with E-state index in [9.17, 15) is 4.79 Å². The van der Waals surface area contributed by atoms with Crippen LogP contribution < -0.4 is 14.8 Å². The average molecular weight is 277 g/mol. The lowest BCUT2D eigenvalue weighted by molar-refractivity contribution is 0.0535. The molecule has 0 aliphatic carbocycles. The second-order valence-electron chi connectivity index (χ2n) is 5.12. The lowest BCUT2D eigenvalue weighted by Crippen LogP contribution is -2.33. The van der Waals surface area contributed by atoms with Gasteiger partial charge in [-0.15, -0.1) is 0 Å². The zero-order valence-corrected chi connectivity index (χ0v) is 11.4. The minimum Gasteiger partial charge on any atom is -0.486 e. The number of hydrogen-bond acceptors (Lipinski definition) is 4. The average Bonchev–Trinajstić information content (AvgIpc) is 2.53. The number of fused-ring (bicyclic) bond motifs is 1. The molecule has 0 aromatic heterocycles. The van der Waals surface area contributed by atoms with Gasteiger partial charge in [0.25, 0.3) is 5.91 Å². The molecule has 20 heavy (non-hydrogen) atoms. The molecule has 1 saturated heterocycles. The Hall–Kier alpha value is -1.75. The summed E-state index contributed by atoms with van der Waals surface area (Å²) in [4.78, 5) is 12.3. The van der Waals surface area contributed by atoms with Crippen LogP contribution in [0.1, 0.15) is 23.2 Å². The Balaban J connectivity index is 1.64. The maximum Gasteiger partial charge on any atom is 0.255 e. The highest BCUT2D eigenvalue weighted by atomic mass is 16.6. The van der Waals surface area contributed by atoms with Crippen LogP contribution in [0.2, 0.25) is 0 Å². The van der Waals surface area contributed by atoms with Crippen LogP contribution in [-0.2, 0) is 4.74 Å². The number of benzene rings is 1. The maximum atomic E-state index is 12.3. The van der Waals surface area contributed by atoms with Crippen molar-refractivity contribution < 1.29 is 19.0 Å². The summed E-state index contributed by atoms with van der Waals surface area (Å²) in [5.74, 6) is 1.49. The lowest BCUT2D eigenvalue weighted by atomic mass is 10.0. The zero-order valence-electron chi connectivity index (χ0n) is 11.4. The molecular formula is C15H19NO4. The topological polar surface area (TPSA) is 56.8 Å². The van der Waals surface area contributed by atoms with Crippen molar-refractivity contribution in [2.24, 2.45) is 5.92 Å². The highest BCUT2D eigenvalue weighted by Crippen LogP contribution is 2.33. The van der Waals surface area contributed by atoms with E-state index in [-0.39, 0.29) is 5.91 Å². The van der Waals surface area contributed by atoms with Crippen LogP contribution in [0.3, 0.4) is 0 Å². The number of carbonyl (C=O) groups is 1. The first kappa shape index (κ1) is 13.2. The van der Waals surface area contributed by atoms with Gasteiger partial charge in [-0.25, -0.2) is 0 Å². The van der Waals surface area contributed by atoms with Crippen molar-refractivity contribution in [1.29, 1.82) is 0 Å². The van der Waals surface area contributed by atoms with Crippen molar-refractivity contribution in [1.82, 2.24) is 5.32 Å². The van der Waals surface area contributed by atoms with Gasteiger partial charge in [-0.1, -0.05) is 6.07 Å². The van der Waals surface area contributed by atoms with Gasteiger partial charge in [0.1, 0.15) is 13.2 Å². The number of ether oxygens (including phenoxy) is 3. The Morgan fingerprint density at radius 2 is 2.15 bits per heavy atom. The van der Waals surface area contributed by atoms with E-state index in [1.807, 2.05) is 12.1 Å². The predicted octanol–water partition coefficient (Wildman–Crippen LogP) is 1.61. The summed E-state index contributed by atoms with van der Waals surface area (Å²) in [6.45, 7) is 3.21. The summed E-state index contributed by atoms with van der Waals surface area (Å²) in [5.41, 5.74) is 0.541. The van der Waals surface area contributed by atoms with Crippen LogP contribution in [0.4, 0.5) is 0 Å². The van der Waals surface area contributed by atoms with Gasteiger partial charge in [-0.3, -0.25) is 4.79 Å². The standard InChI is InChI=1S/C15H19NO4/c17-15(16-9-11-3-2-6-18-10-11)12-4-1-5-13-14(12)20-8-7-19-13/h1,4-5,11H,2-3,6-10H2,(H,16,17)/t11-/m0/s1. The van der Waals surface area contributed by atoms with Gasteiger partial charge in [0.05, 0.1) is 12.2 Å². The molecule has 0 radical (unpaired) electrons. The van der Waals surface area contributed by atoms with Gasteiger partial charge >= 0.3 is 0 Å². The third kappa shape index (κ3) is 2.88. The Morgan fingerprint density at radius 1 is 1.25 bits per heavy atom.